The van der Waals surface area contributed by atoms with Gasteiger partial charge in [0.05, 0.1) is 18.9 Å². The molecule has 0 aromatic heterocycles. The second-order valence-corrected chi connectivity index (χ2v) is 4.36. The number of fused-ring (bicyclic) bond motifs is 2. The van der Waals surface area contributed by atoms with Gasteiger partial charge in [-0.1, -0.05) is 6.58 Å². The Balaban J connectivity index is 2.14. The quantitative estimate of drug-likeness (QED) is 0.407. The van der Waals surface area contributed by atoms with E-state index in [0.717, 1.165) is 6.08 Å². The lowest BCUT2D eigenvalue weighted by molar-refractivity contribution is -0.158. The molecule has 1 saturated carbocycles. The summed E-state index contributed by atoms with van der Waals surface area (Å²) in [5.74, 6) is -2.58. The highest BCUT2D eigenvalue weighted by atomic mass is 16.6. The van der Waals surface area contributed by atoms with Crippen LogP contribution in [0.15, 0.2) is 12.7 Å². The first-order valence-corrected chi connectivity index (χ1v) is 5.68. The molecule has 1 aliphatic heterocycles. The maximum absolute atomic E-state index is 11.6. The van der Waals surface area contributed by atoms with Crippen LogP contribution in [0.1, 0.15) is 12.8 Å². The summed E-state index contributed by atoms with van der Waals surface area (Å²) < 4.78 is 14.9. The predicted octanol–water partition coefficient (Wildman–Crippen LogP) is 0.209. The highest BCUT2D eigenvalue weighted by Gasteiger charge is 2.53. The molecule has 1 heterocycles. The van der Waals surface area contributed by atoms with Crippen molar-refractivity contribution >= 4 is 17.9 Å². The van der Waals surface area contributed by atoms with Gasteiger partial charge in [0.1, 0.15) is 12.2 Å². The first-order chi connectivity index (χ1) is 8.56. The van der Waals surface area contributed by atoms with Crippen LogP contribution < -0.4 is 0 Å². The van der Waals surface area contributed by atoms with Crippen LogP contribution in [0.5, 0.6) is 0 Å². The molecule has 6 heteroatoms. The van der Waals surface area contributed by atoms with Crippen molar-refractivity contribution < 1.29 is 28.6 Å². The van der Waals surface area contributed by atoms with Gasteiger partial charge in [-0.25, -0.2) is 4.79 Å². The average Bonchev–Trinajstić information content (AvgIpc) is 2.70. The van der Waals surface area contributed by atoms with Crippen molar-refractivity contribution in [2.24, 2.45) is 11.8 Å². The van der Waals surface area contributed by atoms with E-state index in [-0.39, 0.29) is 6.42 Å². The van der Waals surface area contributed by atoms with Gasteiger partial charge in [-0.2, -0.15) is 0 Å². The smallest absolute Gasteiger partial charge is 0.330 e. The van der Waals surface area contributed by atoms with Crippen LogP contribution in [-0.4, -0.2) is 37.2 Å². The Kier molecular flexibility index (Phi) is 3.36. The first-order valence-electron chi connectivity index (χ1n) is 5.68. The number of esters is 3. The van der Waals surface area contributed by atoms with Gasteiger partial charge in [-0.3, -0.25) is 9.59 Å². The third-order valence-corrected chi connectivity index (χ3v) is 3.38. The van der Waals surface area contributed by atoms with E-state index >= 15 is 0 Å². The molecule has 1 aliphatic carbocycles. The van der Waals surface area contributed by atoms with Crippen LogP contribution in [-0.2, 0) is 28.6 Å². The van der Waals surface area contributed by atoms with E-state index in [1.807, 2.05) is 0 Å². The molecule has 0 radical (unpaired) electrons. The molecule has 6 nitrogen and oxygen atoms in total. The van der Waals surface area contributed by atoms with E-state index in [1.165, 1.54) is 7.11 Å². The van der Waals surface area contributed by atoms with Crippen molar-refractivity contribution in [3.05, 3.63) is 12.7 Å². The normalized spacial score (nSPS) is 33.5. The summed E-state index contributed by atoms with van der Waals surface area (Å²) in [7, 11) is 1.26. The molecule has 2 rings (SSSR count). The molecule has 0 aromatic rings. The summed E-state index contributed by atoms with van der Waals surface area (Å²) in [4.78, 5) is 34.4. The van der Waals surface area contributed by atoms with Crippen LogP contribution >= 0.6 is 0 Å². The lowest BCUT2D eigenvalue weighted by Crippen LogP contribution is -2.40. The molecule has 0 aromatic carbocycles. The van der Waals surface area contributed by atoms with Crippen molar-refractivity contribution in [3.63, 3.8) is 0 Å². The number of rotatable bonds is 3. The van der Waals surface area contributed by atoms with Crippen molar-refractivity contribution in [1.82, 2.24) is 0 Å². The van der Waals surface area contributed by atoms with Crippen molar-refractivity contribution in [3.8, 4) is 0 Å². The van der Waals surface area contributed by atoms with E-state index in [9.17, 15) is 14.4 Å². The molecular weight excluding hydrogens is 240 g/mol. The summed E-state index contributed by atoms with van der Waals surface area (Å²) in [6, 6.07) is 0. The number of methoxy groups -OCH3 is 1. The second-order valence-electron chi connectivity index (χ2n) is 4.36. The Labute approximate surface area is 104 Å². The highest BCUT2D eigenvalue weighted by molar-refractivity contribution is 5.85. The Morgan fingerprint density at radius 3 is 2.78 bits per heavy atom. The van der Waals surface area contributed by atoms with Gasteiger partial charge in [0, 0.05) is 18.9 Å². The van der Waals surface area contributed by atoms with Gasteiger partial charge in [0.2, 0.25) is 0 Å². The fraction of sp³-hybridized carbons (Fsp3) is 0.583. The van der Waals surface area contributed by atoms with Crippen LogP contribution in [0.25, 0.3) is 0 Å². The summed E-state index contributed by atoms with van der Waals surface area (Å²) in [5.41, 5.74) is 0. The van der Waals surface area contributed by atoms with E-state index < -0.39 is 42.0 Å². The molecule has 4 unspecified atom stereocenters. The molecule has 1 saturated heterocycles. The summed E-state index contributed by atoms with van der Waals surface area (Å²) in [6.07, 6.45) is 0.589. The fourth-order valence-electron chi connectivity index (χ4n) is 2.49. The van der Waals surface area contributed by atoms with Gasteiger partial charge >= 0.3 is 17.9 Å². The van der Waals surface area contributed by atoms with Crippen molar-refractivity contribution in [1.29, 1.82) is 0 Å². The summed E-state index contributed by atoms with van der Waals surface area (Å²) in [6.45, 7) is 3.30. The fourth-order valence-corrected chi connectivity index (χ4v) is 2.49. The SMILES string of the molecule is C=CC(=O)OC1CC(C(=O)OC)C2CC1OC2=O. The van der Waals surface area contributed by atoms with Crippen LogP contribution in [0.3, 0.4) is 0 Å². The summed E-state index contributed by atoms with van der Waals surface area (Å²) >= 11 is 0. The van der Waals surface area contributed by atoms with Crippen molar-refractivity contribution in [2.45, 2.75) is 25.0 Å². The molecule has 4 atom stereocenters. The Morgan fingerprint density at radius 2 is 2.17 bits per heavy atom. The predicted molar refractivity (Wildman–Crippen MR) is 58.2 cm³/mol. The highest BCUT2D eigenvalue weighted by Crippen LogP contribution is 2.40. The first kappa shape index (κ1) is 12.6. The summed E-state index contributed by atoms with van der Waals surface area (Å²) in [5, 5.41) is 0. The lowest BCUT2D eigenvalue weighted by atomic mass is 9.78. The van der Waals surface area contributed by atoms with Gasteiger partial charge in [-0.05, 0) is 0 Å². The van der Waals surface area contributed by atoms with Gasteiger partial charge < -0.3 is 14.2 Å². The monoisotopic (exact) mass is 254 g/mol. The minimum Gasteiger partial charge on any atom is -0.469 e. The Morgan fingerprint density at radius 1 is 1.44 bits per heavy atom. The topological polar surface area (TPSA) is 78.9 Å². The molecule has 2 aliphatic rings. The zero-order valence-corrected chi connectivity index (χ0v) is 9.96. The zero-order valence-electron chi connectivity index (χ0n) is 9.96. The maximum Gasteiger partial charge on any atom is 0.330 e. The van der Waals surface area contributed by atoms with E-state index in [4.69, 9.17) is 9.47 Å². The molecule has 0 N–H and O–H groups in total. The van der Waals surface area contributed by atoms with Crippen molar-refractivity contribution in [2.75, 3.05) is 7.11 Å². The molecule has 0 spiro atoms. The maximum atomic E-state index is 11.6. The molecule has 2 fully saturated rings. The minimum atomic E-state index is -0.609. The molecule has 0 amide bonds. The average molecular weight is 254 g/mol. The number of hydrogen-bond acceptors (Lipinski definition) is 6. The Hall–Kier alpha value is -1.85. The third-order valence-electron chi connectivity index (χ3n) is 3.38. The molecule has 98 valence electrons. The van der Waals surface area contributed by atoms with Gasteiger partial charge in [-0.15, -0.1) is 0 Å². The van der Waals surface area contributed by atoms with E-state index in [1.54, 1.807) is 0 Å². The number of carbonyl (C=O) groups is 3. The molecular formula is C12H14O6. The number of ether oxygens (including phenoxy) is 3. The lowest BCUT2D eigenvalue weighted by Gasteiger charge is -2.29. The molecule has 18 heavy (non-hydrogen) atoms. The molecule has 2 bridgehead atoms. The number of carbonyl (C=O) groups excluding carboxylic acids is 3. The minimum absolute atomic E-state index is 0.243. The van der Waals surface area contributed by atoms with E-state index in [0.29, 0.717) is 6.42 Å². The largest absolute Gasteiger partial charge is 0.469 e. The zero-order chi connectivity index (χ0) is 13.3. The van der Waals surface area contributed by atoms with Crippen LogP contribution in [0.2, 0.25) is 0 Å². The van der Waals surface area contributed by atoms with Crippen LogP contribution in [0.4, 0.5) is 0 Å². The number of hydrogen-bond donors (Lipinski definition) is 0. The van der Waals surface area contributed by atoms with E-state index in [2.05, 4.69) is 11.3 Å². The van der Waals surface area contributed by atoms with Crippen LogP contribution in [0, 0.1) is 11.8 Å². The Bertz CT molecular complexity index is 401. The third kappa shape index (κ3) is 2.10. The van der Waals surface area contributed by atoms with Gasteiger partial charge in [0.15, 0.2) is 0 Å². The van der Waals surface area contributed by atoms with Gasteiger partial charge in [0.25, 0.3) is 0 Å². The second kappa shape index (κ2) is 4.80. The standard InChI is InChI=1S/C12H14O6/c1-3-10(13)17-8-4-6(11(14)16-2)7-5-9(8)18-12(7)15/h3,6-9H,1,4-5H2,2H3.